The van der Waals surface area contributed by atoms with Gasteiger partial charge in [-0.15, -0.1) is 0 Å². The number of benzene rings is 1. The van der Waals surface area contributed by atoms with Crippen LogP contribution in [0.3, 0.4) is 0 Å². The molecular formula is C17H17NO3S2. The molecule has 120 valence electrons. The number of hydrogen-bond acceptors (Lipinski definition) is 4. The Bertz CT molecular complexity index is 695. The standard InChI is InChI=1S/C17H17NO3S2/c1-3-13(16(20)21)18-15(19)14(23-17(18)22)10-11(2)9-12-7-5-4-6-8-12/h4-10,13H,3H2,1-2H3,(H,20,21)/b11-9+,14-10+/t13-/m1/s1. The van der Waals surface area contributed by atoms with E-state index in [-0.39, 0.29) is 5.91 Å². The van der Waals surface area contributed by atoms with E-state index >= 15 is 0 Å². The number of thioether (sulfide) groups is 1. The van der Waals surface area contributed by atoms with E-state index in [9.17, 15) is 14.7 Å². The van der Waals surface area contributed by atoms with Crippen molar-refractivity contribution >= 4 is 46.3 Å². The highest BCUT2D eigenvalue weighted by Gasteiger charge is 2.39. The maximum atomic E-state index is 12.5. The van der Waals surface area contributed by atoms with Crippen molar-refractivity contribution in [1.82, 2.24) is 4.90 Å². The molecule has 2 rings (SSSR count). The van der Waals surface area contributed by atoms with Crippen LogP contribution in [0.25, 0.3) is 6.08 Å². The molecule has 0 aromatic heterocycles. The Hall–Kier alpha value is -1.92. The lowest BCUT2D eigenvalue weighted by atomic mass is 10.1. The second-order valence-corrected chi connectivity index (χ2v) is 6.79. The molecule has 1 aromatic rings. The molecule has 1 amide bonds. The van der Waals surface area contributed by atoms with Crippen LogP contribution in [0.15, 0.2) is 46.9 Å². The lowest BCUT2D eigenvalue weighted by Gasteiger charge is -2.21. The zero-order chi connectivity index (χ0) is 17.0. The van der Waals surface area contributed by atoms with Gasteiger partial charge in [0.15, 0.2) is 0 Å². The van der Waals surface area contributed by atoms with E-state index in [1.54, 1.807) is 13.0 Å². The van der Waals surface area contributed by atoms with Gasteiger partial charge >= 0.3 is 5.97 Å². The second-order valence-electron chi connectivity index (χ2n) is 5.11. The molecule has 4 nitrogen and oxygen atoms in total. The van der Waals surface area contributed by atoms with Crippen LogP contribution < -0.4 is 0 Å². The van der Waals surface area contributed by atoms with Crippen molar-refractivity contribution in [3.8, 4) is 0 Å². The molecular weight excluding hydrogens is 330 g/mol. The summed E-state index contributed by atoms with van der Waals surface area (Å²) >= 11 is 6.33. The minimum atomic E-state index is -1.04. The summed E-state index contributed by atoms with van der Waals surface area (Å²) in [5.41, 5.74) is 1.94. The van der Waals surface area contributed by atoms with Gasteiger partial charge in [-0.25, -0.2) is 4.79 Å². The summed E-state index contributed by atoms with van der Waals surface area (Å²) in [6.07, 6.45) is 4.02. The van der Waals surface area contributed by atoms with E-state index in [1.807, 2.05) is 43.3 Å². The third-order valence-electron chi connectivity index (χ3n) is 3.36. The number of aliphatic carboxylic acids is 1. The predicted molar refractivity (Wildman–Crippen MR) is 96.9 cm³/mol. The number of hydrogen-bond donors (Lipinski definition) is 1. The lowest BCUT2D eigenvalue weighted by Crippen LogP contribution is -2.43. The number of carboxylic acid groups (broad SMARTS) is 1. The Kier molecular flexibility index (Phi) is 5.74. The molecule has 6 heteroatoms. The van der Waals surface area contributed by atoms with Crippen molar-refractivity contribution in [2.45, 2.75) is 26.3 Å². The Morgan fingerprint density at radius 1 is 1.39 bits per heavy atom. The molecule has 1 N–H and O–H groups in total. The van der Waals surface area contributed by atoms with Gasteiger partial charge in [0.1, 0.15) is 10.4 Å². The molecule has 0 saturated carbocycles. The van der Waals surface area contributed by atoms with Crippen LogP contribution in [-0.2, 0) is 9.59 Å². The third kappa shape index (κ3) is 4.09. The first-order valence-electron chi connectivity index (χ1n) is 7.17. The predicted octanol–water partition coefficient (Wildman–Crippen LogP) is 3.70. The zero-order valence-electron chi connectivity index (χ0n) is 12.9. The SMILES string of the molecule is CC[C@H](C(=O)O)N1C(=O)/C(=C\C(C)=C\c2ccccc2)SC1=S. The van der Waals surface area contributed by atoms with E-state index in [0.717, 1.165) is 22.9 Å². The van der Waals surface area contributed by atoms with Gasteiger partial charge in [-0.1, -0.05) is 67.3 Å². The monoisotopic (exact) mass is 347 g/mol. The summed E-state index contributed by atoms with van der Waals surface area (Å²) in [4.78, 5) is 25.4. The van der Waals surface area contributed by atoms with Crippen LogP contribution in [0.1, 0.15) is 25.8 Å². The number of nitrogens with zero attached hydrogens (tertiary/aromatic N) is 1. The minimum absolute atomic E-state index is 0.294. The normalized spacial score (nSPS) is 18.6. The number of amides is 1. The summed E-state index contributed by atoms with van der Waals surface area (Å²) in [5.74, 6) is -1.38. The van der Waals surface area contributed by atoms with Gasteiger partial charge in [-0.2, -0.15) is 0 Å². The Morgan fingerprint density at radius 3 is 2.61 bits per heavy atom. The fourth-order valence-electron chi connectivity index (χ4n) is 2.28. The summed E-state index contributed by atoms with van der Waals surface area (Å²) in [6.45, 7) is 3.62. The average Bonchev–Trinajstić information content (AvgIpc) is 2.76. The number of carboxylic acids is 1. The van der Waals surface area contributed by atoms with Gasteiger partial charge in [-0.3, -0.25) is 9.69 Å². The van der Waals surface area contributed by atoms with Crippen LogP contribution in [0.5, 0.6) is 0 Å². The van der Waals surface area contributed by atoms with Gasteiger partial charge in [-0.05, 0) is 30.6 Å². The molecule has 23 heavy (non-hydrogen) atoms. The van der Waals surface area contributed by atoms with E-state index in [4.69, 9.17) is 12.2 Å². The first-order chi connectivity index (χ1) is 10.9. The number of rotatable bonds is 5. The smallest absolute Gasteiger partial charge is 0.326 e. The number of carbonyl (C=O) groups excluding carboxylic acids is 1. The van der Waals surface area contributed by atoms with Crippen LogP contribution in [0.2, 0.25) is 0 Å². The Labute approximate surface area is 144 Å². The molecule has 0 unspecified atom stereocenters. The topological polar surface area (TPSA) is 57.6 Å². The van der Waals surface area contributed by atoms with Gasteiger partial charge in [0, 0.05) is 0 Å². The number of carbonyl (C=O) groups is 2. The van der Waals surface area contributed by atoms with E-state index in [2.05, 4.69) is 0 Å². The molecule has 1 aliphatic heterocycles. The third-order valence-corrected chi connectivity index (χ3v) is 4.69. The van der Waals surface area contributed by atoms with Crippen LogP contribution in [0.4, 0.5) is 0 Å². The summed E-state index contributed by atoms with van der Waals surface area (Å²) in [5, 5.41) is 9.24. The van der Waals surface area contributed by atoms with Crippen molar-refractivity contribution in [2.75, 3.05) is 0 Å². The van der Waals surface area contributed by atoms with Gasteiger partial charge in [0.25, 0.3) is 5.91 Å². The molecule has 1 atom stereocenters. The highest BCUT2D eigenvalue weighted by Crippen LogP contribution is 2.34. The number of allylic oxidation sites excluding steroid dienone is 2. The molecule has 0 spiro atoms. The minimum Gasteiger partial charge on any atom is -0.480 e. The summed E-state index contributed by atoms with van der Waals surface area (Å²) in [6, 6.07) is 8.86. The fourth-order valence-corrected chi connectivity index (χ4v) is 3.68. The summed E-state index contributed by atoms with van der Waals surface area (Å²) < 4.78 is 0.294. The second kappa shape index (κ2) is 7.57. The molecule has 0 bridgehead atoms. The maximum Gasteiger partial charge on any atom is 0.326 e. The molecule has 0 aliphatic carbocycles. The van der Waals surface area contributed by atoms with E-state index < -0.39 is 12.0 Å². The highest BCUT2D eigenvalue weighted by molar-refractivity contribution is 8.26. The Balaban J connectivity index is 2.25. The van der Waals surface area contributed by atoms with Crippen molar-refractivity contribution in [2.24, 2.45) is 0 Å². The largest absolute Gasteiger partial charge is 0.480 e. The zero-order valence-corrected chi connectivity index (χ0v) is 14.5. The van der Waals surface area contributed by atoms with Crippen molar-refractivity contribution in [3.63, 3.8) is 0 Å². The van der Waals surface area contributed by atoms with Gasteiger partial charge in [0.2, 0.25) is 0 Å². The van der Waals surface area contributed by atoms with Gasteiger partial charge < -0.3 is 5.11 Å². The molecule has 1 fully saturated rings. The van der Waals surface area contributed by atoms with Crippen LogP contribution in [0, 0.1) is 0 Å². The van der Waals surface area contributed by atoms with E-state index in [0.29, 0.717) is 15.6 Å². The van der Waals surface area contributed by atoms with Crippen LogP contribution >= 0.6 is 24.0 Å². The van der Waals surface area contributed by atoms with E-state index in [1.165, 1.54) is 4.90 Å². The summed E-state index contributed by atoms with van der Waals surface area (Å²) in [7, 11) is 0. The average molecular weight is 347 g/mol. The maximum absolute atomic E-state index is 12.5. The first-order valence-corrected chi connectivity index (χ1v) is 8.39. The molecule has 1 saturated heterocycles. The molecule has 1 aliphatic rings. The molecule has 1 heterocycles. The van der Waals surface area contributed by atoms with Crippen molar-refractivity contribution in [1.29, 1.82) is 0 Å². The fraction of sp³-hybridized carbons (Fsp3) is 0.235. The van der Waals surface area contributed by atoms with Crippen molar-refractivity contribution < 1.29 is 14.7 Å². The lowest BCUT2D eigenvalue weighted by molar-refractivity contribution is -0.145. The molecule has 1 aromatic carbocycles. The number of thiocarbonyl (C=S) groups is 1. The van der Waals surface area contributed by atoms with Gasteiger partial charge in [0.05, 0.1) is 4.91 Å². The first kappa shape index (κ1) is 17.4. The quantitative estimate of drug-likeness (QED) is 0.650. The highest BCUT2D eigenvalue weighted by atomic mass is 32.2. The van der Waals surface area contributed by atoms with Crippen LogP contribution in [-0.4, -0.2) is 32.2 Å². The molecule has 0 radical (unpaired) electrons. The Morgan fingerprint density at radius 2 is 2.04 bits per heavy atom. The van der Waals surface area contributed by atoms with Crippen molar-refractivity contribution in [3.05, 3.63) is 52.4 Å².